The first kappa shape index (κ1) is 13.6. The van der Waals surface area contributed by atoms with Crippen molar-refractivity contribution in [2.45, 2.75) is 42.8 Å². The van der Waals surface area contributed by atoms with Crippen LogP contribution in [0.3, 0.4) is 0 Å². The van der Waals surface area contributed by atoms with Crippen molar-refractivity contribution in [3.63, 3.8) is 0 Å². The van der Waals surface area contributed by atoms with Gasteiger partial charge in [-0.25, -0.2) is 0 Å². The van der Waals surface area contributed by atoms with Gasteiger partial charge >= 0.3 is 0 Å². The number of rotatable bonds is 5. The van der Waals surface area contributed by atoms with Gasteiger partial charge in [0.2, 0.25) is 11.0 Å². The third-order valence-electron chi connectivity index (χ3n) is 2.87. The Bertz CT molecular complexity index is 621. The highest BCUT2D eigenvalue weighted by Gasteiger charge is 2.34. The number of hydrogen-bond acceptors (Lipinski definition) is 7. The third-order valence-corrected chi connectivity index (χ3v) is 4.96. The fourth-order valence-corrected chi connectivity index (χ4v) is 3.70. The van der Waals surface area contributed by atoms with Crippen molar-refractivity contribution in [2.75, 3.05) is 4.90 Å². The molecular weight excluding hydrogens is 296 g/mol. The first-order valence-electron chi connectivity index (χ1n) is 6.32. The molecule has 0 unspecified atom stereocenters. The largest absolute Gasteiger partial charge is 0.361 e. The summed E-state index contributed by atoms with van der Waals surface area (Å²) in [4.78, 5) is 13.4. The number of carbonyl (C=O) groups excluding carboxylic acids is 1. The molecule has 106 valence electrons. The molecule has 0 N–H and O–H groups in total. The summed E-state index contributed by atoms with van der Waals surface area (Å²) >= 11 is 3.00. The van der Waals surface area contributed by atoms with Crippen LogP contribution in [-0.2, 0) is 10.5 Å². The predicted molar refractivity (Wildman–Crippen MR) is 76.9 cm³/mol. The molecule has 1 aliphatic carbocycles. The van der Waals surface area contributed by atoms with Crippen LogP contribution in [0.25, 0.3) is 0 Å². The number of thioether (sulfide) groups is 1. The molecule has 0 aliphatic heterocycles. The van der Waals surface area contributed by atoms with E-state index in [0.717, 1.165) is 28.6 Å². The minimum Gasteiger partial charge on any atom is -0.361 e. The van der Waals surface area contributed by atoms with Gasteiger partial charge in [-0.15, -0.1) is 10.2 Å². The normalized spacial score (nSPS) is 14.5. The monoisotopic (exact) mass is 310 g/mol. The summed E-state index contributed by atoms with van der Waals surface area (Å²) in [5.41, 5.74) is 0.884. The molecule has 6 nitrogen and oxygen atoms in total. The van der Waals surface area contributed by atoms with Crippen LogP contribution in [-0.4, -0.2) is 27.3 Å². The van der Waals surface area contributed by atoms with Gasteiger partial charge in [-0.1, -0.05) is 28.3 Å². The molecule has 2 aromatic rings. The van der Waals surface area contributed by atoms with Gasteiger partial charge < -0.3 is 4.52 Å². The Morgan fingerprint density at radius 1 is 1.55 bits per heavy atom. The van der Waals surface area contributed by atoms with E-state index >= 15 is 0 Å². The topological polar surface area (TPSA) is 72.1 Å². The zero-order valence-electron chi connectivity index (χ0n) is 11.2. The highest BCUT2D eigenvalue weighted by Crippen LogP contribution is 2.36. The maximum Gasteiger partial charge on any atom is 0.225 e. The highest BCUT2D eigenvalue weighted by molar-refractivity contribution is 8.00. The van der Waals surface area contributed by atoms with E-state index in [1.807, 2.05) is 13.0 Å². The zero-order valence-corrected chi connectivity index (χ0v) is 12.8. The lowest BCUT2D eigenvalue weighted by molar-refractivity contribution is -0.116. The molecule has 0 spiro atoms. The van der Waals surface area contributed by atoms with E-state index < -0.39 is 0 Å². The maximum absolute atomic E-state index is 11.7. The molecule has 0 bridgehead atoms. The molecule has 0 atom stereocenters. The molecule has 20 heavy (non-hydrogen) atoms. The molecule has 8 heteroatoms. The molecule has 2 heterocycles. The van der Waals surface area contributed by atoms with E-state index in [1.165, 1.54) is 11.3 Å². The minimum absolute atomic E-state index is 0.0346. The average molecular weight is 310 g/mol. The Labute approximate surface area is 124 Å². The lowest BCUT2D eigenvalue weighted by atomic mass is 10.4. The Balaban J connectivity index is 1.65. The number of nitrogens with zero attached hydrogens (tertiary/aromatic N) is 4. The minimum atomic E-state index is 0.0346. The average Bonchev–Trinajstić information content (AvgIpc) is 2.95. The van der Waals surface area contributed by atoms with Crippen LogP contribution in [0, 0.1) is 6.92 Å². The molecule has 2 aromatic heterocycles. The molecule has 1 aliphatic rings. The molecule has 0 saturated heterocycles. The number of aromatic nitrogens is 3. The summed E-state index contributed by atoms with van der Waals surface area (Å²) in [6.07, 6.45) is 2.11. The second-order valence-electron chi connectivity index (χ2n) is 4.69. The van der Waals surface area contributed by atoms with Gasteiger partial charge in [0.05, 0.1) is 5.69 Å². The van der Waals surface area contributed by atoms with Crippen molar-refractivity contribution in [3.8, 4) is 0 Å². The van der Waals surface area contributed by atoms with Crippen molar-refractivity contribution in [3.05, 3.63) is 17.5 Å². The smallest absolute Gasteiger partial charge is 0.225 e. The number of anilines is 1. The maximum atomic E-state index is 11.7. The molecule has 3 rings (SSSR count). The fraction of sp³-hybridized carbons (Fsp3) is 0.500. The van der Waals surface area contributed by atoms with E-state index in [-0.39, 0.29) is 5.91 Å². The van der Waals surface area contributed by atoms with Crippen molar-refractivity contribution in [1.29, 1.82) is 0 Å². The summed E-state index contributed by atoms with van der Waals surface area (Å²) in [6.45, 7) is 3.44. The lowest BCUT2D eigenvalue weighted by Crippen LogP contribution is -2.30. The summed E-state index contributed by atoms with van der Waals surface area (Å²) in [5, 5.41) is 12.9. The second kappa shape index (κ2) is 5.53. The summed E-state index contributed by atoms with van der Waals surface area (Å²) in [6, 6.07) is 2.22. The molecule has 0 aromatic carbocycles. The summed E-state index contributed by atoms with van der Waals surface area (Å²) in [5.74, 6) is 1.53. The Morgan fingerprint density at radius 3 is 2.95 bits per heavy atom. The molecule has 1 fully saturated rings. The number of hydrogen-bond donors (Lipinski definition) is 0. The van der Waals surface area contributed by atoms with Crippen molar-refractivity contribution >= 4 is 34.1 Å². The molecular formula is C12H14N4O2S2. The quantitative estimate of drug-likeness (QED) is 0.624. The SMILES string of the molecule is CC(=O)N(c1nnc(SCc2cc(C)on2)s1)C1CC1. The van der Waals surface area contributed by atoms with Gasteiger partial charge in [-0.2, -0.15) is 0 Å². The summed E-state index contributed by atoms with van der Waals surface area (Å²) in [7, 11) is 0. The highest BCUT2D eigenvalue weighted by atomic mass is 32.2. The van der Waals surface area contributed by atoms with E-state index in [1.54, 1.807) is 23.6 Å². The van der Waals surface area contributed by atoms with Crippen molar-refractivity contribution in [1.82, 2.24) is 15.4 Å². The zero-order chi connectivity index (χ0) is 14.1. The Hall–Kier alpha value is -1.41. The number of amides is 1. The van der Waals surface area contributed by atoms with Gasteiger partial charge in [0.15, 0.2) is 4.34 Å². The predicted octanol–water partition coefficient (Wildman–Crippen LogP) is 2.64. The molecule has 1 amide bonds. The van der Waals surface area contributed by atoms with Crippen LogP contribution >= 0.6 is 23.1 Å². The van der Waals surface area contributed by atoms with Gasteiger partial charge in [-0.05, 0) is 19.8 Å². The van der Waals surface area contributed by atoms with Crippen LogP contribution in [0.5, 0.6) is 0 Å². The van der Waals surface area contributed by atoms with Gasteiger partial charge in [0, 0.05) is 24.8 Å². The van der Waals surface area contributed by atoms with Crippen LogP contribution in [0.4, 0.5) is 5.13 Å². The standard InChI is InChI=1S/C12H14N4O2S2/c1-7-5-9(15-18-7)6-19-12-14-13-11(20-12)16(8(2)17)10-3-4-10/h5,10H,3-4,6H2,1-2H3. The van der Waals surface area contributed by atoms with E-state index in [9.17, 15) is 4.79 Å². The van der Waals surface area contributed by atoms with Crippen LogP contribution in [0.1, 0.15) is 31.2 Å². The first-order valence-corrected chi connectivity index (χ1v) is 8.12. The van der Waals surface area contributed by atoms with Gasteiger partial charge in [-0.3, -0.25) is 9.69 Å². The van der Waals surface area contributed by atoms with E-state index in [4.69, 9.17) is 4.52 Å². The molecule has 1 saturated carbocycles. The number of carbonyl (C=O) groups is 1. The molecule has 0 radical (unpaired) electrons. The van der Waals surface area contributed by atoms with Crippen LogP contribution < -0.4 is 4.90 Å². The van der Waals surface area contributed by atoms with Gasteiger partial charge in [0.25, 0.3) is 0 Å². The van der Waals surface area contributed by atoms with Crippen molar-refractivity contribution < 1.29 is 9.32 Å². The second-order valence-corrected chi connectivity index (χ2v) is 6.87. The summed E-state index contributed by atoms with van der Waals surface area (Å²) < 4.78 is 5.86. The van der Waals surface area contributed by atoms with Crippen molar-refractivity contribution in [2.24, 2.45) is 0 Å². The van der Waals surface area contributed by atoms with Crippen LogP contribution in [0.15, 0.2) is 14.9 Å². The Kier molecular flexibility index (Phi) is 3.75. The van der Waals surface area contributed by atoms with Crippen LogP contribution in [0.2, 0.25) is 0 Å². The first-order chi connectivity index (χ1) is 9.63. The fourth-order valence-electron chi connectivity index (χ4n) is 1.86. The van der Waals surface area contributed by atoms with Gasteiger partial charge in [0.1, 0.15) is 5.76 Å². The number of aryl methyl sites for hydroxylation is 1. The van der Waals surface area contributed by atoms with E-state index in [0.29, 0.717) is 16.9 Å². The lowest BCUT2D eigenvalue weighted by Gasteiger charge is -2.15. The third kappa shape index (κ3) is 3.01. The Morgan fingerprint density at radius 2 is 2.35 bits per heavy atom. The van der Waals surface area contributed by atoms with E-state index in [2.05, 4.69) is 15.4 Å².